The molecule has 0 atom stereocenters. The Bertz CT molecular complexity index is 577. The molecular formula is C13H16BClF3NO3. The van der Waals surface area contributed by atoms with Crippen molar-refractivity contribution >= 4 is 29.9 Å². The largest absolute Gasteiger partial charge is 0.573 e. The summed E-state index contributed by atoms with van der Waals surface area (Å²) in [5.74, 6) is -0.558. The van der Waals surface area contributed by atoms with E-state index >= 15 is 0 Å². The monoisotopic (exact) mass is 337 g/mol. The Labute approximate surface area is 131 Å². The van der Waals surface area contributed by atoms with Crippen molar-refractivity contribution in [3.8, 4) is 5.75 Å². The third-order valence-corrected chi connectivity index (χ3v) is 4.32. The molecule has 2 rings (SSSR count). The van der Waals surface area contributed by atoms with Crippen LogP contribution in [0.1, 0.15) is 27.7 Å². The minimum atomic E-state index is -4.84. The SMILES string of the molecule is CC1(C)OB(c2ccc(OC(F)(F)F)c(N)c2Cl)OC1(C)C. The summed E-state index contributed by atoms with van der Waals surface area (Å²) >= 11 is 6.06. The van der Waals surface area contributed by atoms with Gasteiger partial charge in [-0.15, -0.1) is 13.2 Å². The Morgan fingerprint density at radius 1 is 1.14 bits per heavy atom. The van der Waals surface area contributed by atoms with Crippen LogP contribution in [0.15, 0.2) is 12.1 Å². The fraction of sp³-hybridized carbons (Fsp3) is 0.538. The van der Waals surface area contributed by atoms with E-state index in [4.69, 9.17) is 26.6 Å². The predicted octanol–water partition coefficient (Wildman–Crippen LogP) is 3.12. The Kier molecular flexibility index (Phi) is 4.09. The third kappa shape index (κ3) is 3.14. The lowest BCUT2D eigenvalue weighted by Crippen LogP contribution is -2.41. The van der Waals surface area contributed by atoms with Crippen molar-refractivity contribution in [3.63, 3.8) is 0 Å². The predicted molar refractivity (Wildman–Crippen MR) is 78.3 cm³/mol. The molecule has 0 unspecified atom stereocenters. The molecule has 4 nitrogen and oxygen atoms in total. The summed E-state index contributed by atoms with van der Waals surface area (Å²) < 4.78 is 52.3. The molecule has 1 heterocycles. The van der Waals surface area contributed by atoms with Crippen LogP contribution in [0.5, 0.6) is 5.75 Å². The fourth-order valence-corrected chi connectivity index (χ4v) is 2.20. The molecule has 0 aromatic heterocycles. The summed E-state index contributed by atoms with van der Waals surface area (Å²) in [5.41, 5.74) is 4.47. The van der Waals surface area contributed by atoms with Gasteiger partial charge in [0.2, 0.25) is 0 Å². The molecule has 0 aliphatic carbocycles. The van der Waals surface area contributed by atoms with Crippen LogP contribution in [-0.2, 0) is 9.31 Å². The van der Waals surface area contributed by atoms with Crippen molar-refractivity contribution in [1.29, 1.82) is 0 Å². The maximum absolute atomic E-state index is 12.3. The summed E-state index contributed by atoms with van der Waals surface area (Å²) in [6.07, 6.45) is -4.84. The number of nitrogen functional groups attached to an aromatic ring is 1. The quantitative estimate of drug-likeness (QED) is 0.665. The van der Waals surface area contributed by atoms with Crippen molar-refractivity contribution < 1.29 is 27.2 Å². The smallest absolute Gasteiger partial charge is 0.404 e. The number of anilines is 1. The molecule has 1 aromatic rings. The maximum Gasteiger partial charge on any atom is 0.573 e. The van der Waals surface area contributed by atoms with Crippen LogP contribution in [0.25, 0.3) is 0 Å². The van der Waals surface area contributed by atoms with E-state index < -0.39 is 30.4 Å². The highest BCUT2D eigenvalue weighted by Crippen LogP contribution is 2.39. The van der Waals surface area contributed by atoms with Crippen molar-refractivity contribution in [3.05, 3.63) is 17.2 Å². The maximum atomic E-state index is 12.3. The fourth-order valence-electron chi connectivity index (χ4n) is 1.96. The molecule has 1 aromatic carbocycles. The van der Waals surface area contributed by atoms with Gasteiger partial charge in [0, 0.05) is 5.46 Å². The summed E-state index contributed by atoms with van der Waals surface area (Å²) in [6.45, 7) is 7.41. The van der Waals surface area contributed by atoms with Crippen molar-refractivity contribution in [2.75, 3.05) is 5.73 Å². The molecule has 2 N–H and O–H groups in total. The highest BCUT2D eigenvalue weighted by molar-refractivity contribution is 6.66. The van der Waals surface area contributed by atoms with E-state index in [0.29, 0.717) is 5.46 Å². The van der Waals surface area contributed by atoms with Crippen LogP contribution in [0.3, 0.4) is 0 Å². The van der Waals surface area contributed by atoms with Gasteiger partial charge in [0.05, 0.1) is 21.9 Å². The average Bonchev–Trinajstić information content (AvgIpc) is 2.53. The molecule has 0 saturated carbocycles. The van der Waals surface area contributed by atoms with Crippen LogP contribution in [0, 0.1) is 0 Å². The lowest BCUT2D eigenvalue weighted by Gasteiger charge is -2.32. The van der Waals surface area contributed by atoms with Crippen LogP contribution in [-0.4, -0.2) is 24.7 Å². The third-order valence-electron chi connectivity index (χ3n) is 3.90. The number of rotatable bonds is 2. The molecule has 0 amide bonds. The first-order valence-corrected chi connectivity index (χ1v) is 6.91. The van der Waals surface area contributed by atoms with Crippen LogP contribution in [0.4, 0.5) is 18.9 Å². The Hall–Kier alpha value is -1.12. The second-order valence-electron chi connectivity index (χ2n) is 6.02. The standard InChI is InChI=1S/C13H16BClF3NO3/c1-11(2)12(3,4)22-14(21-11)7-5-6-8(10(19)9(7)15)20-13(16,17)18/h5-6H,19H2,1-4H3. The van der Waals surface area contributed by atoms with E-state index in [0.717, 1.165) is 6.07 Å². The first-order chi connectivity index (χ1) is 9.84. The molecule has 1 aliphatic heterocycles. The Balaban J connectivity index is 2.34. The molecule has 9 heteroatoms. The molecule has 1 saturated heterocycles. The normalized spacial score (nSPS) is 20.3. The number of ether oxygens (including phenoxy) is 1. The first-order valence-electron chi connectivity index (χ1n) is 6.53. The van der Waals surface area contributed by atoms with E-state index in [1.807, 2.05) is 27.7 Å². The Morgan fingerprint density at radius 3 is 2.09 bits per heavy atom. The molecule has 0 bridgehead atoms. The summed E-state index contributed by atoms with van der Waals surface area (Å²) in [5, 5.41) is -0.0831. The molecule has 0 radical (unpaired) electrons. The van der Waals surface area contributed by atoms with Gasteiger partial charge in [0.25, 0.3) is 0 Å². The van der Waals surface area contributed by atoms with Crippen molar-refractivity contribution in [1.82, 2.24) is 0 Å². The Morgan fingerprint density at radius 2 is 1.64 bits per heavy atom. The van der Waals surface area contributed by atoms with E-state index in [1.54, 1.807) is 0 Å². The van der Waals surface area contributed by atoms with Gasteiger partial charge in [-0.2, -0.15) is 0 Å². The van der Waals surface area contributed by atoms with Crippen molar-refractivity contribution in [2.24, 2.45) is 0 Å². The van der Waals surface area contributed by atoms with E-state index in [2.05, 4.69) is 4.74 Å². The topological polar surface area (TPSA) is 53.7 Å². The number of hydrogen-bond donors (Lipinski definition) is 1. The van der Waals surface area contributed by atoms with Gasteiger partial charge in [0.15, 0.2) is 5.75 Å². The van der Waals surface area contributed by atoms with E-state index in [9.17, 15) is 13.2 Å². The molecule has 1 fully saturated rings. The summed E-state index contributed by atoms with van der Waals surface area (Å²) in [7, 11) is -0.820. The molecule has 22 heavy (non-hydrogen) atoms. The second-order valence-corrected chi connectivity index (χ2v) is 6.39. The van der Waals surface area contributed by atoms with Gasteiger partial charge in [-0.05, 0) is 33.8 Å². The number of benzene rings is 1. The molecule has 0 spiro atoms. The van der Waals surface area contributed by atoms with Gasteiger partial charge >= 0.3 is 13.5 Å². The molecule has 122 valence electrons. The van der Waals surface area contributed by atoms with Gasteiger partial charge in [-0.3, -0.25) is 0 Å². The average molecular weight is 338 g/mol. The lowest BCUT2D eigenvalue weighted by molar-refractivity contribution is -0.274. The zero-order chi connectivity index (χ0) is 16.9. The zero-order valence-electron chi connectivity index (χ0n) is 12.5. The van der Waals surface area contributed by atoms with E-state index in [-0.39, 0.29) is 10.7 Å². The van der Waals surface area contributed by atoms with Crippen LogP contribution >= 0.6 is 11.6 Å². The van der Waals surface area contributed by atoms with Gasteiger partial charge in [0.1, 0.15) is 0 Å². The van der Waals surface area contributed by atoms with E-state index in [1.165, 1.54) is 6.07 Å². The van der Waals surface area contributed by atoms with Gasteiger partial charge < -0.3 is 19.8 Å². The number of halogens is 4. The minimum Gasteiger partial charge on any atom is -0.404 e. The summed E-state index contributed by atoms with van der Waals surface area (Å²) in [4.78, 5) is 0. The highest BCUT2D eigenvalue weighted by atomic mass is 35.5. The number of hydrogen-bond acceptors (Lipinski definition) is 4. The van der Waals surface area contributed by atoms with Crippen molar-refractivity contribution in [2.45, 2.75) is 45.3 Å². The highest BCUT2D eigenvalue weighted by Gasteiger charge is 2.52. The lowest BCUT2D eigenvalue weighted by atomic mass is 9.78. The molecule has 1 aliphatic rings. The van der Waals surface area contributed by atoms with Crippen LogP contribution in [0.2, 0.25) is 5.02 Å². The molecular weight excluding hydrogens is 321 g/mol. The van der Waals surface area contributed by atoms with Gasteiger partial charge in [-0.25, -0.2) is 0 Å². The first kappa shape index (κ1) is 17.2. The van der Waals surface area contributed by atoms with Crippen LogP contribution < -0.4 is 15.9 Å². The van der Waals surface area contributed by atoms with Gasteiger partial charge in [-0.1, -0.05) is 17.7 Å². The summed E-state index contributed by atoms with van der Waals surface area (Å²) in [6, 6.07) is 2.44. The second kappa shape index (κ2) is 5.21. The number of alkyl halides is 3. The minimum absolute atomic E-state index is 0.0831. The number of nitrogens with two attached hydrogens (primary N) is 1. The zero-order valence-corrected chi connectivity index (χ0v) is 13.3.